The standard InChI is InChI=1S/C10H17N3OS/c1-3-11-9(6-14)7-15-10-12-4-8(2)5-13-10/h4-5,9,11,14H,3,6-7H2,1-2H3. The van der Waals surface area contributed by atoms with Gasteiger partial charge >= 0.3 is 0 Å². The van der Waals surface area contributed by atoms with E-state index in [2.05, 4.69) is 15.3 Å². The maximum atomic E-state index is 9.06. The first kappa shape index (κ1) is 12.4. The molecule has 0 saturated heterocycles. The van der Waals surface area contributed by atoms with Gasteiger partial charge in [-0.1, -0.05) is 18.7 Å². The number of aryl methyl sites for hydroxylation is 1. The highest BCUT2D eigenvalue weighted by atomic mass is 32.2. The van der Waals surface area contributed by atoms with Gasteiger partial charge in [-0.3, -0.25) is 0 Å². The van der Waals surface area contributed by atoms with Crippen molar-refractivity contribution in [1.82, 2.24) is 15.3 Å². The van der Waals surface area contributed by atoms with Crippen LogP contribution in [0, 0.1) is 6.92 Å². The van der Waals surface area contributed by atoms with Gasteiger partial charge in [-0.15, -0.1) is 0 Å². The van der Waals surface area contributed by atoms with Crippen molar-refractivity contribution in [1.29, 1.82) is 0 Å². The van der Waals surface area contributed by atoms with Crippen molar-refractivity contribution in [3.63, 3.8) is 0 Å². The third-order valence-corrected chi connectivity index (χ3v) is 2.92. The Bertz CT molecular complexity index is 279. The van der Waals surface area contributed by atoms with Crippen LogP contribution in [0.3, 0.4) is 0 Å². The van der Waals surface area contributed by atoms with Gasteiger partial charge in [0.25, 0.3) is 0 Å². The van der Waals surface area contributed by atoms with Crippen LogP contribution in [0.25, 0.3) is 0 Å². The van der Waals surface area contributed by atoms with Crippen molar-refractivity contribution < 1.29 is 5.11 Å². The molecule has 4 nitrogen and oxygen atoms in total. The molecule has 0 aliphatic heterocycles. The summed E-state index contributed by atoms with van der Waals surface area (Å²) in [5.74, 6) is 0.785. The summed E-state index contributed by atoms with van der Waals surface area (Å²) in [7, 11) is 0. The van der Waals surface area contributed by atoms with E-state index in [0.29, 0.717) is 0 Å². The molecule has 5 heteroatoms. The Balaban J connectivity index is 2.38. The van der Waals surface area contributed by atoms with E-state index in [0.717, 1.165) is 23.0 Å². The molecule has 0 spiro atoms. The molecular weight excluding hydrogens is 210 g/mol. The van der Waals surface area contributed by atoms with Crippen LogP contribution < -0.4 is 5.32 Å². The van der Waals surface area contributed by atoms with Gasteiger partial charge < -0.3 is 10.4 Å². The fraction of sp³-hybridized carbons (Fsp3) is 0.600. The van der Waals surface area contributed by atoms with Gasteiger partial charge in [0.2, 0.25) is 0 Å². The topological polar surface area (TPSA) is 58.0 Å². The van der Waals surface area contributed by atoms with Crippen LogP contribution in [0.2, 0.25) is 0 Å². The summed E-state index contributed by atoms with van der Waals surface area (Å²) in [6, 6.07) is 0.116. The van der Waals surface area contributed by atoms with E-state index >= 15 is 0 Å². The maximum absolute atomic E-state index is 9.06. The molecule has 0 radical (unpaired) electrons. The molecule has 0 saturated carbocycles. The van der Waals surface area contributed by atoms with Crippen molar-refractivity contribution in [2.45, 2.75) is 25.0 Å². The van der Waals surface area contributed by atoms with Crippen LogP contribution >= 0.6 is 11.8 Å². The van der Waals surface area contributed by atoms with Gasteiger partial charge in [0.15, 0.2) is 5.16 Å². The summed E-state index contributed by atoms with van der Waals surface area (Å²) >= 11 is 1.56. The highest BCUT2D eigenvalue weighted by Gasteiger charge is 2.07. The van der Waals surface area contributed by atoms with Crippen LogP contribution in [0.5, 0.6) is 0 Å². The van der Waals surface area contributed by atoms with Crippen molar-refractivity contribution >= 4 is 11.8 Å². The van der Waals surface area contributed by atoms with E-state index < -0.39 is 0 Å². The third kappa shape index (κ3) is 4.59. The minimum Gasteiger partial charge on any atom is -0.395 e. The second-order valence-electron chi connectivity index (χ2n) is 3.29. The van der Waals surface area contributed by atoms with Gasteiger partial charge in [-0.25, -0.2) is 9.97 Å². The predicted octanol–water partition coefficient (Wildman–Crippen LogP) is 0.848. The van der Waals surface area contributed by atoms with Crippen LogP contribution in [0.15, 0.2) is 17.6 Å². The number of rotatable bonds is 6. The molecule has 0 amide bonds. The number of nitrogens with one attached hydrogen (secondary N) is 1. The molecule has 0 fully saturated rings. The van der Waals surface area contributed by atoms with Crippen molar-refractivity contribution in [2.75, 3.05) is 18.9 Å². The van der Waals surface area contributed by atoms with E-state index in [4.69, 9.17) is 5.11 Å². The first-order valence-electron chi connectivity index (χ1n) is 5.02. The zero-order chi connectivity index (χ0) is 11.1. The van der Waals surface area contributed by atoms with Gasteiger partial charge in [0.1, 0.15) is 0 Å². The smallest absolute Gasteiger partial charge is 0.187 e. The molecule has 0 aliphatic carbocycles. The van der Waals surface area contributed by atoms with Crippen LogP contribution in [0.4, 0.5) is 0 Å². The number of hydrogen-bond acceptors (Lipinski definition) is 5. The zero-order valence-corrected chi connectivity index (χ0v) is 9.92. The number of aliphatic hydroxyl groups is 1. The number of aliphatic hydroxyl groups excluding tert-OH is 1. The maximum Gasteiger partial charge on any atom is 0.187 e. The first-order chi connectivity index (χ1) is 7.26. The molecule has 15 heavy (non-hydrogen) atoms. The molecule has 0 aromatic carbocycles. The second kappa shape index (κ2) is 6.76. The Morgan fingerprint density at radius 2 is 2.13 bits per heavy atom. The molecule has 2 N–H and O–H groups in total. The molecule has 1 heterocycles. The van der Waals surface area contributed by atoms with E-state index in [1.807, 2.05) is 13.8 Å². The van der Waals surface area contributed by atoms with Crippen molar-refractivity contribution in [2.24, 2.45) is 0 Å². The lowest BCUT2D eigenvalue weighted by Gasteiger charge is -2.13. The van der Waals surface area contributed by atoms with Crippen molar-refractivity contribution in [3.05, 3.63) is 18.0 Å². The highest BCUT2D eigenvalue weighted by molar-refractivity contribution is 7.99. The Hall–Kier alpha value is -0.650. The Kier molecular flexibility index (Phi) is 5.60. The lowest BCUT2D eigenvalue weighted by molar-refractivity contribution is 0.255. The molecule has 1 rings (SSSR count). The lowest BCUT2D eigenvalue weighted by Crippen LogP contribution is -2.34. The minimum absolute atomic E-state index is 0.116. The predicted molar refractivity (Wildman–Crippen MR) is 62.0 cm³/mol. The summed E-state index contributed by atoms with van der Waals surface area (Å²) in [5.41, 5.74) is 1.06. The number of likely N-dealkylation sites (N-methyl/N-ethyl adjacent to an activating group) is 1. The first-order valence-corrected chi connectivity index (χ1v) is 6.00. The minimum atomic E-state index is 0.116. The summed E-state index contributed by atoms with van der Waals surface area (Å²) in [5, 5.41) is 13.0. The summed E-state index contributed by atoms with van der Waals surface area (Å²) in [6.45, 7) is 4.99. The molecule has 0 bridgehead atoms. The van der Waals surface area contributed by atoms with E-state index in [1.165, 1.54) is 0 Å². The molecule has 1 aromatic heterocycles. The highest BCUT2D eigenvalue weighted by Crippen LogP contribution is 2.12. The summed E-state index contributed by atoms with van der Waals surface area (Å²) in [4.78, 5) is 8.37. The summed E-state index contributed by atoms with van der Waals surface area (Å²) in [6.07, 6.45) is 3.60. The molecular formula is C10H17N3OS. The normalized spacial score (nSPS) is 12.7. The molecule has 1 aromatic rings. The number of thioether (sulfide) groups is 1. The molecule has 84 valence electrons. The van der Waals surface area contributed by atoms with Crippen LogP contribution in [0.1, 0.15) is 12.5 Å². The number of nitrogens with zero attached hydrogens (tertiary/aromatic N) is 2. The average Bonchev–Trinajstić information content (AvgIpc) is 2.26. The SMILES string of the molecule is CCNC(CO)CSc1ncc(C)cn1. The number of hydrogen-bond donors (Lipinski definition) is 2. The van der Waals surface area contributed by atoms with E-state index in [-0.39, 0.29) is 12.6 Å². The molecule has 1 unspecified atom stereocenters. The van der Waals surface area contributed by atoms with Crippen LogP contribution in [-0.4, -0.2) is 40.0 Å². The van der Waals surface area contributed by atoms with Gasteiger partial charge in [-0.05, 0) is 19.0 Å². The van der Waals surface area contributed by atoms with Gasteiger partial charge in [0, 0.05) is 24.2 Å². The number of aromatic nitrogens is 2. The fourth-order valence-corrected chi connectivity index (χ4v) is 1.92. The lowest BCUT2D eigenvalue weighted by atomic mass is 10.4. The monoisotopic (exact) mass is 227 g/mol. The Morgan fingerprint density at radius 3 is 2.67 bits per heavy atom. The average molecular weight is 227 g/mol. The zero-order valence-electron chi connectivity index (χ0n) is 9.10. The van der Waals surface area contributed by atoms with Crippen LogP contribution in [-0.2, 0) is 0 Å². The van der Waals surface area contributed by atoms with Crippen molar-refractivity contribution in [3.8, 4) is 0 Å². The quantitative estimate of drug-likeness (QED) is 0.557. The second-order valence-corrected chi connectivity index (χ2v) is 4.28. The summed E-state index contributed by atoms with van der Waals surface area (Å²) < 4.78 is 0. The largest absolute Gasteiger partial charge is 0.395 e. The third-order valence-electron chi connectivity index (χ3n) is 1.88. The van der Waals surface area contributed by atoms with Gasteiger partial charge in [0.05, 0.1) is 6.61 Å². The van der Waals surface area contributed by atoms with E-state index in [9.17, 15) is 0 Å². The molecule has 0 aliphatic rings. The Labute approximate surface area is 94.5 Å². The Morgan fingerprint density at radius 1 is 1.47 bits per heavy atom. The fourth-order valence-electron chi connectivity index (χ4n) is 1.10. The van der Waals surface area contributed by atoms with E-state index in [1.54, 1.807) is 24.2 Å². The van der Waals surface area contributed by atoms with Gasteiger partial charge in [-0.2, -0.15) is 0 Å². The molecule has 1 atom stereocenters.